The van der Waals surface area contributed by atoms with Crippen LogP contribution in [0, 0.1) is 5.92 Å². The van der Waals surface area contributed by atoms with Crippen LogP contribution in [-0.4, -0.2) is 184 Å². The van der Waals surface area contributed by atoms with Crippen LogP contribution >= 0.6 is 18.1 Å². The SMILES string of the molecule is CC(C)c1cccc(C(C)C)c1O.CC(C)c1cccc(C(C)C)c1OPOC(CO)CO.CC(C)c1cccc(C(C)C)c1OPOCC(O)CO.CCCC(CCC)C(=O)O.CCOC(=O)c1ccc(N)cc1.CCOC(=O)c1ccc(NC(=O)OC(CO)CO)cc1.CCOC(=O)c1ccc(NC(=O)OCC(O)CO)cc1. The van der Waals surface area contributed by atoms with E-state index < -0.39 is 74.3 Å². The van der Waals surface area contributed by atoms with Gasteiger partial charge in [0.25, 0.3) is 0 Å². The predicted octanol–water partition coefficient (Wildman–Crippen LogP) is 15.3. The Balaban J connectivity index is 0.00000134. The third kappa shape index (κ3) is 43.8. The molecule has 115 heavy (non-hydrogen) atoms. The van der Waals surface area contributed by atoms with Gasteiger partial charge in [0.1, 0.15) is 48.3 Å². The first-order valence-corrected chi connectivity index (χ1v) is 40.2. The van der Waals surface area contributed by atoms with Gasteiger partial charge in [-0.1, -0.05) is 164 Å². The van der Waals surface area contributed by atoms with Crippen molar-refractivity contribution in [2.75, 3.05) is 89.0 Å². The van der Waals surface area contributed by atoms with Crippen molar-refractivity contribution < 1.29 is 122 Å². The summed E-state index contributed by atoms with van der Waals surface area (Å²) in [6.07, 6.45) is -1.48. The fraction of sp³-hybridized carbons (Fsp3) is 0.506. The third-order valence-corrected chi connectivity index (χ3v) is 17.4. The van der Waals surface area contributed by atoms with E-state index in [0.717, 1.165) is 70.6 Å². The van der Waals surface area contributed by atoms with E-state index in [2.05, 4.69) is 129 Å². The Morgan fingerprint density at radius 1 is 0.409 bits per heavy atom. The van der Waals surface area contributed by atoms with Gasteiger partial charge in [-0.3, -0.25) is 15.4 Å². The average molecular weight is 1650 g/mol. The molecule has 0 aliphatic carbocycles. The Morgan fingerprint density at radius 3 is 1.04 bits per heavy atom. The van der Waals surface area contributed by atoms with E-state index in [4.69, 9.17) is 83.6 Å². The highest BCUT2D eigenvalue weighted by molar-refractivity contribution is 7.27. The van der Waals surface area contributed by atoms with E-state index in [1.165, 1.54) is 48.5 Å². The number of rotatable bonds is 37. The van der Waals surface area contributed by atoms with Crippen molar-refractivity contribution in [1.82, 2.24) is 0 Å². The molecule has 0 fully saturated rings. The van der Waals surface area contributed by atoms with Crippen LogP contribution in [0.5, 0.6) is 17.2 Å². The number of phenolic OH excluding ortho intramolecular Hbond substituents is 1. The van der Waals surface area contributed by atoms with E-state index in [1.54, 1.807) is 45.0 Å². The zero-order valence-corrected chi connectivity index (χ0v) is 71.8. The number of nitrogens with one attached hydrogen (secondary N) is 2. The maximum absolute atomic E-state index is 11.4. The summed E-state index contributed by atoms with van der Waals surface area (Å²) in [6.45, 7) is 33.2. The standard InChI is InChI=1S/2C15H25O4P.2C13H17NO6.C12H18O.C9H11NO2.C8H16O2/c1-10(2)13-6-5-7-14(11(3)4)15(13)19-20-18-9-12(17)8-16;1-10(2)13-6-5-7-14(11(3)4)15(13)19-20-18-12(8-16)9-17;1-2-19-12(17)9-3-5-10(6-4-9)14-13(18)20-8-11(16)7-15;1-2-19-12(17)9-3-5-10(6-4-9)14-13(18)20-11(7-15)8-16;1-8(2)10-6-5-7-11(9(3)4)12(10)13;1-2-12-9(11)7-3-5-8(10)6-4-7;1-3-5-7(6-4-2)8(9)10/h2*5-7,10-12,16-17,20H,8-9H2,1-4H3;2*3-6,11,15-16H,2,7-8H2,1H3,(H,14,18);5-9,13H,1-4H3;3-6H,2,10H2,1H3;7H,3-6H2,1-2H3,(H,9,10). The summed E-state index contributed by atoms with van der Waals surface area (Å²) in [4.78, 5) is 67.1. The number of para-hydroxylation sites is 3. The molecule has 0 saturated heterocycles. The molecule has 6 rings (SSSR count). The molecule has 0 aliphatic heterocycles. The van der Waals surface area contributed by atoms with Crippen molar-refractivity contribution in [3.63, 3.8) is 0 Å². The Labute approximate surface area is 682 Å². The quantitative estimate of drug-likeness (QED) is 0.00566. The number of aliphatic carboxylic acids is 1. The Kier molecular flexibility index (Phi) is 57.1. The number of carboxylic acid groups (broad SMARTS) is 1. The number of carbonyl (C=O) groups is 6. The number of aromatic hydroxyl groups is 1. The Morgan fingerprint density at radius 2 is 0.730 bits per heavy atom. The van der Waals surface area contributed by atoms with Crippen molar-refractivity contribution in [1.29, 1.82) is 0 Å². The second-order valence-corrected chi connectivity index (χ2v) is 28.8. The van der Waals surface area contributed by atoms with E-state index >= 15 is 0 Å². The highest BCUT2D eigenvalue weighted by Crippen LogP contribution is 2.40. The van der Waals surface area contributed by atoms with Gasteiger partial charge in [-0.05, 0) is 175 Å². The first kappa shape index (κ1) is 106. The summed E-state index contributed by atoms with van der Waals surface area (Å²) >= 11 is 0. The lowest BCUT2D eigenvalue weighted by Gasteiger charge is -2.20. The number of hydrogen-bond donors (Lipinski definition) is 13. The Bertz CT molecular complexity index is 3570. The average Bonchev–Trinajstić information content (AvgIpc) is 0.835. The number of nitrogen functional groups attached to an aromatic ring is 1. The van der Waals surface area contributed by atoms with Crippen LogP contribution in [0.2, 0.25) is 0 Å². The monoisotopic (exact) mass is 1650 g/mol. The van der Waals surface area contributed by atoms with Crippen LogP contribution in [0.1, 0.15) is 243 Å². The number of aliphatic hydroxyl groups excluding tert-OH is 8. The molecule has 2 amide bonds. The number of hydrogen-bond acceptors (Lipinski definition) is 25. The van der Waals surface area contributed by atoms with Gasteiger partial charge in [-0.25, -0.2) is 24.0 Å². The number of carboxylic acids is 1. The molecule has 28 nitrogen and oxygen atoms in total. The highest BCUT2D eigenvalue weighted by Gasteiger charge is 2.21. The minimum Gasteiger partial charge on any atom is -0.507 e. The number of ether oxygens (including phenoxy) is 5. The van der Waals surface area contributed by atoms with Gasteiger partial charge >= 0.3 is 36.1 Å². The summed E-state index contributed by atoms with van der Waals surface area (Å²) in [5, 5.41) is 94.4. The van der Waals surface area contributed by atoms with Crippen molar-refractivity contribution in [3.8, 4) is 17.2 Å². The molecule has 0 bridgehead atoms. The smallest absolute Gasteiger partial charge is 0.412 e. The number of benzene rings is 6. The molecule has 0 spiro atoms. The van der Waals surface area contributed by atoms with Crippen LogP contribution in [0.3, 0.4) is 0 Å². The van der Waals surface area contributed by atoms with E-state index in [1.807, 2.05) is 38.1 Å². The van der Waals surface area contributed by atoms with Crippen LogP contribution in [0.25, 0.3) is 0 Å². The summed E-state index contributed by atoms with van der Waals surface area (Å²) < 4.78 is 46.0. The molecule has 0 aliphatic rings. The van der Waals surface area contributed by atoms with Gasteiger partial charge in [-0.15, -0.1) is 0 Å². The molecule has 0 radical (unpaired) electrons. The van der Waals surface area contributed by atoms with E-state index in [9.17, 15) is 39.0 Å². The zero-order valence-electron chi connectivity index (χ0n) is 69.8. The third-order valence-electron chi connectivity index (χ3n) is 16.1. The van der Waals surface area contributed by atoms with Crippen molar-refractivity contribution in [2.45, 2.75) is 203 Å². The number of aliphatic hydroxyl groups is 8. The van der Waals surface area contributed by atoms with Gasteiger partial charge < -0.3 is 98.6 Å². The van der Waals surface area contributed by atoms with Crippen LogP contribution in [0.15, 0.2) is 127 Å². The van der Waals surface area contributed by atoms with Gasteiger partial charge in [-0.2, -0.15) is 0 Å². The zero-order chi connectivity index (χ0) is 87.1. The molecule has 6 aromatic carbocycles. The molecule has 4 atom stereocenters. The fourth-order valence-electron chi connectivity index (χ4n) is 9.77. The van der Waals surface area contributed by atoms with Crippen LogP contribution in [0.4, 0.5) is 26.7 Å². The maximum atomic E-state index is 11.4. The molecule has 0 aromatic heterocycles. The Hall–Kier alpha value is -8.60. The number of esters is 3. The minimum absolute atomic E-state index is 0.0792. The molecule has 4 unspecified atom stereocenters. The summed E-state index contributed by atoms with van der Waals surface area (Å²) in [6, 6.07) is 37.1. The normalized spacial score (nSPS) is 11.4. The number of nitrogens with two attached hydrogens (primary N) is 1. The largest absolute Gasteiger partial charge is 0.507 e. The summed E-state index contributed by atoms with van der Waals surface area (Å²) in [5.74, 6) is 2.55. The number of carbonyl (C=O) groups excluding carboxylic acids is 5. The molecule has 644 valence electrons. The lowest BCUT2D eigenvalue weighted by molar-refractivity contribution is -0.142. The number of phenols is 1. The van der Waals surface area contributed by atoms with Gasteiger partial charge in [0.2, 0.25) is 18.1 Å². The van der Waals surface area contributed by atoms with E-state index in [-0.39, 0.29) is 69.6 Å². The van der Waals surface area contributed by atoms with Crippen molar-refractivity contribution in [2.24, 2.45) is 5.92 Å². The van der Waals surface area contributed by atoms with Gasteiger partial charge in [0.05, 0.1) is 88.7 Å². The van der Waals surface area contributed by atoms with Gasteiger partial charge in [0.15, 0.2) is 0 Å². The van der Waals surface area contributed by atoms with Crippen molar-refractivity contribution >= 4 is 71.2 Å². The molecule has 6 aromatic rings. The predicted molar refractivity (Wildman–Crippen MR) is 450 cm³/mol. The maximum Gasteiger partial charge on any atom is 0.412 e. The number of amides is 2. The van der Waals surface area contributed by atoms with Crippen LogP contribution < -0.4 is 25.4 Å². The first-order chi connectivity index (χ1) is 54.6. The second-order valence-electron chi connectivity index (χ2n) is 27.5. The van der Waals surface area contributed by atoms with Gasteiger partial charge in [0, 0.05) is 17.1 Å². The second kappa shape index (κ2) is 61.7. The lowest BCUT2D eigenvalue weighted by Crippen LogP contribution is -2.28. The van der Waals surface area contributed by atoms with Crippen molar-refractivity contribution in [3.05, 3.63) is 177 Å². The molecule has 0 saturated carbocycles. The van der Waals surface area contributed by atoms with E-state index in [0.29, 0.717) is 88.2 Å². The molecular formula is C85H129N3O25P2. The molecule has 14 N–H and O–H groups in total. The first-order valence-electron chi connectivity index (χ1n) is 38.5. The minimum atomic E-state index is -1.10. The molecule has 0 heterocycles. The lowest BCUT2D eigenvalue weighted by atomic mass is 9.94. The summed E-state index contributed by atoms with van der Waals surface area (Å²) in [7, 11) is -0.426. The number of anilines is 3. The summed E-state index contributed by atoms with van der Waals surface area (Å²) in [5.41, 5.74) is 14.9. The fourth-order valence-corrected chi connectivity index (χ4v) is 11.1. The highest BCUT2D eigenvalue weighted by atomic mass is 31.1. The van der Waals surface area contributed by atoms with Crippen LogP contribution in [-0.2, 0) is 37.5 Å². The topological polar surface area (TPSA) is 438 Å². The molecular weight excluding hydrogens is 1520 g/mol. The molecule has 30 heteroatoms.